The fourth-order valence-electron chi connectivity index (χ4n) is 3.65. The van der Waals surface area contributed by atoms with Gasteiger partial charge in [-0.1, -0.05) is 29.8 Å². The summed E-state index contributed by atoms with van der Waals surface area (Å²) >= 11 is 0. The molecule has 33 heavy (non-hydrogen) atoms. The van der Waals surface area contributed by atoms with E-state index in [1.165, 1.54) is 0 Å². The fraction of sp³-hybridized carbons (Fsp3) is 0.458. The topological polar surface area (TPSA) is 97.0 Å². The Morgan fingerprint density at radius 1 is 1.09 bits per heavy atom. The first-order chi connectivity index (χ1) is 15.9. The predicted molar refractivity (Wildman–Crippen MR) is 127 cm³/mol. The van der Waals surface area contributed by atoms with Crippen molar-refractivity contribution in [3.05, 3.63) is 59.7 Å². The molecule has 180 valence electrons. The van der Waals surface area contributed by atoms with Crippen molar-refractivity contribution in [1.29, 1.82) is 0 Å². The lowest BCUT2D eigenvalue weighted by Gasteiger charge is -2.26. The molecule has 0 aliphatic carbocycles. The van der Waals surface area contributed by atoms with Crippen LogP contribution in [-0.2, 0) is 19.6 Å². The number of morpholine rings is 1. The normalized spacial score (nSPS) is 15.7. The summed E-state index contributed by atoms with van der Waals surface area (Å²) in [5.41, 5.74) is 1.66. The predicted octanol–water partition coefficient (Wildman–Crippen LogP) is 2.25. The summed E-state index contributed by atoms with van der Waals surface area (Å²) in [6.45, 7) is 6.64. The number of amides is 1. The molecular formula is C24H33N3O5S. The first kappa shape index (κ1) is 25.2. The molecule has 2 aromatic carbocycles. The number of rotatable bonds is 11. The standard InChI is InChI=1S/C24H33N3O5S/c1-19-4-10-22(11-5-19)33(29,30)26-23(20-6-8-21(31-2)9-7-20)18-24(28)25-12-3-13-27-14-16-32-17-15-27/h4-11,23,26H,3,12-18H2,1-2H3,(H,25,28)/t23-/m0/s1. The summed E-state index contributed by atoms with van der Waals surface area (Å²) in [4.78, 5) is 15.1. The Hall–Kier alpha value is -2.46. The molecule has 1 fully saturated rings. The average molecular weight is 476 g/mol. The van der Waals surface area contributed by atoms with Gasteiger partial charge in [-0.15, -0.1) is 0 Å². The van der Waals surface area contributed by atoms with E-state index in [-0.39, 0.29) is 17.2 Å². The van der Waals surface area contributed by atoms with Crippen LogP contribution in [0.2, 0.25) is 0 Å². The molecule has 1 aliphatic rings. The van der Waals surface area contributed by atoms with Gasteiger partial charge in [-0.05, 0) is 49.7 Å². The maximum atomic E-state index is 13.0. The number of aryl methyl sites for hydroxylation is 1. The van der Waals surface area contributed by atoms with Gasteiger partial charge in [-0.2, -0.15) is 0 Å². The summed E-state index contributed by atoms with van der Waals surface area (Å²) in [6.07, 6.45) is 0.822. The van der Waals surface area contributed by atoms with E-state index in [0.717, 1.165) is 44.8 Å². The molecule has 9 heteroatoms. The van der Waals surface area contributed by atoms with Crippen molar-refractivity contribution in [2.45, 2.75) is 30.7 Å². The Kier molecular flexibility index (Phi) is 9.25. The summed E-state index contributed by atoms with van der Waals surface area (Å²) < 4.78 is 39.2. The summed E-state index contributed by atoms with van der Waals surface area (Å²) in [6, 6.07) is 13.0. The minimum absolute atomic E-state index is 0.00499. The highest BCUT2D eigenvalue weighted by Gasteiger charge is 2.24. The Morgan fingerprint density at radius 3 is 2.39 bits per heavy atom. The Balaban J connectivity index is 1.63. The highest BCUT2D eigenvalue weighted by atomic mass is 32.2. The van der Waals surface area contributed by atoms with Crippen LogP contribution in [0.5, 0.6) is 5.75 Å². The van der Waals surface area contributed by atoms with Crippen LogP contribution < -0.4 is 14.8 Å². The number of hydrogen-bond acceptors (Lipinski definition) is 6. The van der Waals surface area contributed by atoms with Gasteiger partial charge in [0.15, 0.2) is 0 Å². The van der Waals surface area contributed by atoms with Gasteiger partial charge in [0, 0.05) is 26.1 Å². The molecule has 0 unspecified atom stereocenters. The summed E-state index contributed by atoms with van der Waals surface area (Å²) in [5, 5.41) is 2.92. The molecule has 2 aromatic rings. The van der Waals surface area contributed by atoms with Gasteiger partial charge >= 0.3 is 0 Å². The molecule has 0 aromatic heterocycles. The molecule has 1 amide bonds. The zero-order valence-corrected chi connectivity index (χ0v) is 20.1. The largest absolute Gasteiger partial charge is 0.497 e. The second-order valence-electron chi connectivity index (χ2n) is 8.12. The van der Waals surface area contributed by atoms with Crippen molar-refractivity contribution < 1.29 is 22.7 Å². The van der Waals surface area contributed by atoms with Gasteiger partial charge in [0.25, 0.3) is 0 Å². The van der Waals surface area contributed by atoms with Crippen LogP contribution in [0, 0.1) is 6.92 Å². The van der Waals surface area contributed by atoms with Crippen molar-refractivity contribution in [2.75, 3.05) is 46.5 Å². The third kappa shape index (κ3) is 7.82. The number of benzene rings is 2. The van der Waals surface area contributed by atoms with Gasteiger partial charge in [0.1, 0.15) is 5.75 Å². The minimum Gasteiger partial charge on any atom is -0.497 e. The molecular weight excluding hydrogens is 442 g/mol. The van der Waals surface area contributed by atoms with Gasteiger partial charge < -0.3 is 14.8 Å². The van der Waals surface area contributed by atoms with Crippen molar-refractivity contribution in [3.8, 4) is 5.75 Å². The number of hydrogen-bond donors (Lipinski definition) is 2. The lowest BCUT2D eigenvalue weighted by molar-refractivity contribution is -0.121. The number of methoxy groups -OCH3 is 1. The van der Waals surface area contributed by atoms with Crippen molar-refractivity contribution >= 4 is 15.9 Å². The smallest absolute Gasteiger partial charge is 0.241 e. The third-order valence-corrected chi connectivity index (χ3v) is 7.10. The highest BCUT2D eigenvalue weighted by Crippen LogP contribution is 2.23. The van der Waals surface area contributed by atoms with Crippen LogP contribution in [0.1, 0.15) is 30.0 Å². The number of sulfonamides is 1. The van der Waals surface area contributed by atoms with E-state index in [9.17, 15) is 13.2 Å². The Morgan fingerprint density at radius 2 is 1.76 bits per heavy atom. The fourth-order valence-corrected chi connectivity index (χ4v) is 4.87. The van der Waals surface area contributed by atoms with E-state index >= 15 is 0 Å². The van der Waals surface area contributed by atoms with E-state index in [2.05, 4.69) is 14.9 Å². The second kappa shape index (κ2) is 12.1. The molecule has 0 bridgehead atoms. The van der Waals surface area contributed by atoms with Crippen molar-refractivity contribution in [3.63, 3.8) is 0 Å². The highest BCUT2D eigenvalue weighted by molar-refractivity contribution is 7.89. The lowest BCUT2D eigenvalue weighted by atomic mass is 10.0. The van der Waals surface area contributed by atoms with Gasteiger partial charge in [0.05, 0.1) is 31.3 Å². The molecule has 0 spiro atoms. The number of ether oxygens (including phenoxy) is 2. The molecule has 1 aliphatic heterocycles. The first-order valence-corrected chi connectivity index (χ1v) is 12.7. The lowest BCUT2D eigenvalue weighted by Crippen LogP contribution is -2.38. The summed E-state index contributed by atoms with van der Waals surface area (Å²) in [7, 11) is -2.24. The van der Waals surface area contributed by atoms with Crippen LogP contribution in [0.25, 0.3) is 0 Å². The van der Waals surface area contributed by atoms with E-state index in [1.807, 2.05) is 6.92 Å². The molecule has 0 saturated carbocycles. The van der Waals surface area contributed by atoms with Crippen molar-refractivity contribution in [1.82, 2.24) is 14.9 Å². The molecule has 1 saturated heterocycles. The molecule has 0 radical (unpaired) electrons. The molecule has 1 atom stereocenters. The van der Waals surface area contributed by atoms with Gasteiger partial charge in [-0.25, -0.2) is 13.1 Å². The maximum absolute atomic E-state index is 13.0. The van der Waals surface area contributed by atoms with Gasteiger partial charge in [-0.3, -0.25) is 9.69 Å². The number of nitrogens with one attached hydrogen (secondary N) is 2. The quantitative estimate of drug-likeness (QED) is 0.484. The van der Waals surface area contributed by atoms with E-state index in [4.69, 9.17) is 9.47 Å². The Labute approximate surface area is 196 Å². The van der Waals surface area contributed by atoms with E-state index in [0.29, 0.717) is 17.9 Å². The first-order valence-electron chi connectivity index (χ1n) is 11.2. The van der Waals surface area contributed by atoms with Crippen LogP contribution in [0.15, 0.2) is 53.4 Å². The number of nitrogens with zero attached hydrogens (tertiary/aromatic N) is 1. The maximum Gasteiger partial charge on any atom is 0.241 e. The average Bonchev–Trinajstić information content (AvgIpc) is 2.82. The van der Waals surface area contributed by atoms with Crippen LogP contribution >= 0.6 is 0 Å². The SMILES string of the molecule is COc1ccc([C@H](CC(=O)NCCCN2CCOCC2)NS(=O)(=O)c2ccc(C)cc2)cc1. The number of carbonyl (C=O) groups excluding carboxylic acids is 1. The van der Waals surface area contributed by atoms with E-state index in [1.54, 1.807) is 55.6 Å². The van der Waals surface area contributed by atoms with Crippen LogP contribution in [0.3, 0.4) is 0 Å². The minimum atomic E-state index is -3.81. The van der Waals surface area contributed by atoms with Gasteiger partial charge in [0.2, 0.25) is 15.9 Å². The van der Waals surface area contributed by atoms with Crippen molar-refractivity contribution in [2.24, 2.45) is 0 Å². The molecule has 8 nitrogen and oxygen atoms in total. The third-order valence-electron chi connectivity index (χ3n) is 5.61. The summed E-state index contributed by atoms with van der Waals surface area (Å²) in [5.74, 6) is 0.454. The monoisotopic (exact) mass is 475 g/mol. The zero-order valence-electron chi connectivity index (χ0n) is 19.2. The molecule has 3 rings (SSSR count). The number of carbonyl (C=O) groups is 1. The van der Waals surface area contributed by atoms with Crippen LogP contribution in [-0.4, -0.2) is 65.7 Å². The van der Waals surface area contributed by atoms with E-state index < -0.39 is 16.1 Å². The second-order valence-corrected chi connectivity index (χ2v) is 9.84. The Bertz CT molecular complexity index is 988. The molecule has 2 N–H and O–H groups in total. The zero-order chi connectivity index (χ0) is 23.7. The molecule has 1 heterocycles. The van der Waals surface area contributed by atoms with Crippen LogP contribution in [0.4, 0.5) is 0 Å².